The highest BCUT2D eigenvalue weighted by molar-refractivity contribution is 6.30. The first-order valence-electron chi connectivity index (χ1n) is 4.40. The Morgan fingerprint density at radius 3 is 2.62 bits per heavy atom. The molecule has 0 spiro atoms. The molecular weight excluding hydrogens is 249 g/mol. The Hall–Kier alpha value is -1.39. The number of rotatable bonds is 2. The molecule has 1 heterocycles. The minimum Gasteiger partial charge on any atom is -0.496 e. The maximum Gasteiger partial charge on any atom is 0.185 e. The highest BCUT2D eigenvalue weighted by Gasteiger charge is 2.09. The van der Waals surface area contributed by atoms with Gasteiger partial charge in [0.15, 0.2) is 11.0 Å². The first-order valence-corrected chi connectivity index (χ1v) is 5.15. The van der Waals surface area contributed by atoms with Crippen LogP contribution in [-0.4, -0.2) is 22.3 Å². The average Bonchev–Trinajstić information content (AvgIpc) is 2.30. The van der Waals surface area contributed by atoms with Crippen LogP contribution in [-0.2, 0) is 0 Å². The summed E-state index contributed by atoms with van der Waals surface area (Å²) in [5, 5.41) is 8.42. The van der Waals surface area contributed by atoms with Crippen LogP contribution in [0.1, 0.15) is 0 Å². The molecule has 0 aliphatic rings. The van der Waals surface area contributed by atoms with Crippen molar-refractivity contribution in [3.05, 3.63) is 34.6 Å². The van der Waals surface area contributed by atoms with E-state index in [1.807, 2.05) is 0 Å². The Kier molecular flexibility index (Phi) is 3.22. The monoisotopic (exact) mass is 255 g/mol. The van der Waals surface area contributed by atoms with Crippen LogP contribution in [0.4, 0.5) is 0 Å². The van der Waals surface area contributed by atoms with Gasteiger partial charge in [0.2, 0.25) is 0 Å². The summed E-state index contributed by atoms with van der Waals surface area (Å²) >= 11 is 11.5. The number of hydrogen-bond acceptors (Lipinski definition) is 4. The normalized spacial score (nSPS) is 10.2. The Morgan fingerprint density at radius 2 is 2.00 bits per heavy atom. The fraction of sp³-hybridized carbons (Fsp3) is 0.100. The predicted octanol–water partition coefficient (Wildman–Crippen LogP) is 2.85. The van der Waals surface area contributed by atoms with Crippen LogP contribution in [0.2, 0.25) is 10.2 Å². The zero-order chi connectivity index (χ0) is 11.5. The Bertz CT molecular complexity index is 502. The SMILES string of the molecule is COc1cc(Cl)ccc1-c1ncc(Cl)nn1. The molecule has 2 rings (SSSR count). The van der Waals surface area contributed by atoms with Crippen LogP contribution in [0.25, 0.3) is 11.4 Å². The van der Waals surface area contributed by atoms with Crippen LogP contribution in [0.5, 0.6) is 5.75 Å². The van der Waals surface area contributed by atoms with E-state index in [0.29, 0.717) is 16.6 Å². The average molecular weight is 256 g/mol. The van der Waals surface area contributed by atoms with E-state index < -0.39 is 0 Å². The molecule has 0 saturated heterocycles. The van der Waals surface area contributed by atoms with Gasteiger partial charge in [-0.1, -0.05) is 23.2 Å². The van der Waals surface area contributed by atoms with E-state index in [1.54, 1.807) is 25.3 Å². The minimum absolute atomic E-state index is 0.247. The van der Waals surface area contributed by atoms with Crippen molar-refractivity contribution in [3.63, 3.8) is 0 Å². The van der Waals surface area contributed by atoms with Gasteiger partial charge < -0.3 is 4.74 Å². The van der Waals surface area contributed by atoms with Gasteiger partial charge in [-0.05, 0) is 18.2 Å². The molecule has 0 N–H and O–H groups in total. The number of ether oxygens (including phenoxy) is 1. The standard InChI is InChI=1S/C10H7Cl2N3O/c1-16-8-4-6(11)2-3-7(8)10-13-5-9(12)14-15-10/h2-5H,1H3. The summed E-state index contributed by atoms with van der Waals surface area (Å²) < 4.78 is 5.19. The molecule has 1 aromatic heterocycles. The summed E-state index contributed by atoms with van der Waals surface area (Å²) in [6, 6.07) is 5.19. The number of benzene rings is 1. The smallest absolute Gasteiger partial charge is 0.185 e. The second kappa shape index (κ2) is 4.63. The lowest BCUT2D eigenvalue weighted by atomic mass is 10.2. The van der Waals surface area contributed by atoms with Crippen molar-refractivity contribution < 1.29 is 4.74 Å². The van der Waals surface area contributed by atoms with Crippen LogP contribution in [0.3, 0.4) is 0 Å². The van der Waals surface area contributed by atoms with E-state index >= 15 is 0 Å². The second-order valence-electron chi connectivity index (χ2n) is 2.95. The molecule has 0 radical (unpaired) electrons. The minimum atomic E-state index is 0.247. The maximum absolute atomic E-state index is 5.85. The predicted molar refractivity (Wildman–Crippen MR) is 61.8 cm³/mol. The van der Waals surface area contributed by atoms with E-state index in [9.17, 15) is 0 Å². The topological polar surface area (TPSA) is 47.9 Å². The lowest BCUT2D eigenvalue weighted by Gasteiger charge is -2.06. The number of methoxy groups -OCH3 is 1. The summed E-state index contributed by atoms with van der Waals surface area (Å²) in [5.74, 6) is 1.04. The molecule has 0 fully saturated rings. The number of aromatic nitrogens is 3. The largest absolute Gasteiger partial charge is 0.496 e. The third kappa shape index (κ3) is 2.23. The molecular formula is C10H7Cl2N3O. The molecule has 0 unspecified atom stereocenters. The van der Waals surface area contributed by atoms with Gasteiger partial charge in [-0.2, -0.15) is 0 Å². The van der Waals surface area contributed by atoms with Gasteiger partial charge in [0.1, 0.15) is 5.75 Å². The first-order chi connectivity index (χ1) is 7.70. The molecule has 0 bridgehead atoms. The lowest BCUT2D eigenvalue weighted by molar-refractivity contribution is 0.416. The van der Waals surface area contributed by atoms with Crippen molar-refractivity contribution in [2.75, 3.05) is 7.11 Å². The quantitative estimate of drug-likeness (QED) is 0.828. The van der Waals surface area contributed by atoms with Crippen molar-refractivity contribution in [2.45, 2.75) is 0 Å². The summed E-state index contributed by atoms with van der Waals surface area (Å²) in [6.07, 6.45) is 1.43. The zero-order valence-electron chi connectivity index (χ0n) is 8.32. The van der Waals surface area contributed by atoms with Gasteiger partial charge in [0, 0.05) is 5.02 Å². The Labute approximate surface area is 102 Å². The molecule has 6 heteroatoms. The van der Waals surface area contributed by atoms with E-state index in [-0.39, 0.29) is 5.15 Å². The zero-order valence-corrected chi connectivity index (χ0v) is 9.83. The van der Waals surface area contributed by atoms with Crippen molar-refractivity contribution in [3.8, 4) is 17.1 Å². The summed E-state index contributed by atoms with van der Waals surface area (Å²) in [7, 11) is 1.55. The number of halogens is 2. The molecule has 0 saturated carbocycles. The Morgan fingerprint density at radius 1 is 1.19 bits per heavy atom. The molecule has 0 aliphatic heterocycles. The third-order valence-corrected chi connectivity index (χ3v) is 2.35. The van der Waals surface area contributed by atoms with Gasteiger partial charge in [-0.3, -0.25) is 0 Å². The molecule has 0 amide bonds. The van der Waals surface area contributed by atoms with Crippen LogP contribution in [0, 0.1) is 0 Å². The lowest BCUT2D eigenvalue weighted by Crippen LogP contribution is -1.94. The molecule has 1 aromatic carbocycles. The first kappa shape index (κ1) is 11.1. The molecule has 4 nitrogen and oxygen atoms in total. The van der Waals surface area contributed by atoms with E-state index in [4.69, 9.17) is 27.9 Å². The van der Waals surface area contributed by atoms with E-state index in [2.05, 4.69) is 15.2 Å². The van der Waals surface area contributed by atoms with Gasteiger partial charge in [0.05, 0.1) is 18.9 Å². The van der Waals surface area contributed by atoms with Crippen molar-refractivity contribution in [1.82, 2.24) is 15.2 Å². The van der Waals surface area contributed by atoms with Crippen LogP contribution in [0.15, 0.2) is 24.4 Å². The van der Waals surface area contributed by atoms with Crippen molar-refractivity contribution >= 4 is 23.2 Å². The van der Waals surface area contributed by atoms with Crippen molar-refractivity contribution in [1.29, 1.82) is 0 Å². The summed E-state index contributed by atoms with van der Waals surface area (Å²) in [4.78, 5) is 4.06. The van der Waals surface area contributed by atoms with Gasteiger partial charge in [-0.25, -0.2) is 4.98 Å². The Balaban J connectivity index is 2.51. The van der Waals surface area contributed by atoms with Crippen molar-refractivity contribution in [2.24, 2.45) is 0 Å². The summed E-state index contributed by atoms with van der Waals surface area (Å²) in [5.41, 5.74) is 0.719. The summed E-state index contributed by atoms with van der Waals surface area (Å²) in [6.45, 7) is 0. The molecule has 0 aliphatic carbocycles. The van der Waals surface area contributed by atoms with Crippen LogP contribution < -0.4 is 4.74 Å². The van der Waals surface area contributed by atoms with Crippen LogP contribution >= 0.6 is 23.2 Å². The highest BCUT2D eigenvalue weighted by atomic mass is 35.5. The maximum atomic E-state index is 5.85. The van der Waals surface area contributed by atoms with Gasteiger partial charge in [-0.15, -0.1) is 10.2 Å². The highest BCUT2D eigenvalue weighted by Crippen LogP contribution is 2.29. The molecule has 2 aromatic rings. The van der Waals surface area contributed by atoms with E-state index in [1.165, 1.54) is 6.20 Å². The third-order valence-electron chi connectivity index (χ3n) is 1.94. The molecule has 0 atom stereocenters. The van der Waals surface area contributed by atoms with Gasteiger partial charge >= 0.3 is 0 Å². The molecule has 16 heavy (non-hydrogen) atoms. The number of hydrogen-bond donors (Lipinski definition) is 0. The van der Waals surface area contributed by atoms with E-state index in [0.717, 1.165) is 5.56 Å². The van der Waals surface area contributed by atoms with Gasteiger partial charge in [0.25, 0.3) is 0 Å². The second-order valence-corrected chi connectivity index (χ2v) is 3.77. The molecule has 82 valence electrons. The number of nitrogens with zero attached hydrogens (tertiary/aromatic N) is 3. The fourth-order valence-electron chi connectivity index (χ4n) is 1.23. The fourth-order valence-corrected chi connectivity index (χ4v) is 1.48.